The molecule has 1 atom stereocenters. The Morgan fingerprint density at radius 1 is 1.29 bits per heavy atom. The van der Waals surface area contributed by atoms with Crippen LogP contribution in [0.4, 0.5) is 5.95 Å². The lowest BCUT2D eigenvalue weighted by Gasteiger charge is -2.32. The number of thioether (sulfide) groups is 1. The molecular weight excluding hydrogens is 414 g/mol. The van der Waals surface area contributed by atoms with E-state index in [0.717, 1.165) is 29.8 Å². The third kappa shape index (κ3) is 3.65. The summed E-state index contributed by atoms with van der Waals surface area (Å²) in [5.41, 5.74) is 3.36. The van der Waals surface area contributed by atoms with Gasteiger partial charge >= 0.3 is 0 Å². The van der Waals surface area contributed by atoms with Gasteiger partial charge in [-0.1, -0.05) is 23.9 Å². The zero-order valence-corrected chi connectivity index (χ0v) is 17.7. The number of carbonyl (C=O) groups excluding carboxylic acids is 1. The number of Topliss-reactive ketones (excluding diaryl/α,β-unsaturated/α-hetero) is 1. The van der Waals surface area contributed by atoms with Crippen LogP contribution in [0.25, 0.3) is 0 Å². The zero-order valence-electron chi connectivity index (χ0n) is 16.9. The van der Waals surface area contributed by atoms with E-state index in [4.69, 9.17) is 9.84 Å². The standard InChI is InChI=1S/C22H21N5O3S/c1-30-18-11-13(8-9-16(18)28)20-19-15(6-4-7-17(19)29)24-21-25-22(26-27(20)21)31-12-14-5-2-3-10-23-14/h2-3,5,8-11,20,28H,4,6-7,12H2,1H3,(H,24,25,26)/t20-/m0/s1. The first-order valence-corrected chi connectivity index (χ1v) is 11.0. The second kappa shape index (κ2) is 8.07. The molecule has 2 aromatic heterocycles. The Kier molecular flexibility index (Phi) is 5.11. The van der Waals surface area contributed by atoms with Crippen molar-refractivity contribution in [1.29, 1.82) is 0 Å². The first-order valence-electron chi connectivity index (χ1n) is 10.0. The van der Waals surface area contributed by atoms with E-state index in [-0.39, 0.29) is 11.5 Å². The summed E-state index contributed by atoms with van der Waals surface area (Å²) >= 11 is 1.49. The van der Waals surface area contributed by atoms with Crippen molar-refractivity contribution in [2.24, 2.45) is 0 Å². The van der Waals surface area contributed by atoms with Crippen LogP contribution in [-0.4, -0.2) is 37.7 Å². The van der Waals surface area contributed by atoms with Gasteiger partial charge in [-0.3, -0.25) is 9.78 Å². The highest BCUT2D eigenvalue weighted by atomic mass is 32.2. The smallest absolute Gasteiger partial charge is 0.227 e. The van der Waals surface area contributed by atoms with E-state index in [1.807, 2.05) is 18.2 Å². The molecule has 2 N–H and O–H groups in total. The third-order valence-electron chi connectivity index (χ3n) is 5.44. The molecule has 1 aliphatic heterocycles. The van der Waals surface area contributed by atoms with Crippen molar-refractivity contribution < 1.29 is 14.6 Å². The summed E-state index contributed by atoms with van der Waals surface area (Å²) in [6.45, 7) is 0. The lowest BCUT2D eigenvalue weighted by Crippen LogP contribution is -2.31. The first kappa shape index (κ1) is 19.6. The Labute approximate surface area is 183 Å². The number of nitrogens with one attached hydrogen (secondary N) is 1. The number of allylic oxidation sites excluding steroid dienone is 2. The van der Waals surface area contributed by atoms with E-state index in [1.165, 1.54) is 18.9 Å². The molecule has 0 amide bonds. The molecule has 31 heavy (non-hydrogen) atoms. The molecule has 9 heteroatoms. The second-order valence-electron chi connectivity index (χ2n) is 7.40. The Morgan fingerprint density at radius 2 is 2.19 bits per heavy atom. The van der Waals surface area contributed by atoms with Gasteiger partial charge < -0.3 is 15.2 Å². The van der Waals surface area contributed by atoms with Crippen LogP contribution in [0.2, 0.25) is 0 Å². The number of carbonyl (C=O) groups is 1. The number of fused-ring (bicyclic) bond motifs is 1. The summed E-state index contributed by atoms with van der Waals surface area (Å²) in [5.74, 6) is 1.76. The van der Waals surface area contributed by atoms with Gasteiger partial charge in [-0.2, -0.15) is 4.98 Å². The quantitative estimate of drug-likeness (QED) is 0.585. The molecule has 0 saturated carbocycles. The third-order valence-corrected chi connectivity index (χ3v) is 6.31. The Balaban J connectivity index is 1.54. The number of hydrogen-bond acceptors (Lipinski definition) is 8. The number of rotatable bonds is 5. The van der Waals surface area contributed by atoms with Crippen molar-refractivity contribution >= 4 is 23.5 Å². The molecule has 0 unspecified atom stereocenters. The van der Waals surface area contributed by atoms with Crippen molar-refractivity contribution in [1.82, 2.24) is 19.7 Å². The van der Waals surface area contributed by atoms with Crippen LogP contribution >= 0.6 is 11.8 Å². The van der Waals surface area contributed by atoms with Crippen molar-refractivity contribution in [2.75, 3.05) is 12.4 Å². The molecule has 3 aromatic rings. The molecule has 0 spiro atoms. The van der Waals surface area contributed by atoms with Crippen LogP contribution in [0.3, 0.4) is 0 Å². The summed E-state index contributed by atoms with van der Waals surface area (Å²) in [6.07, 6.45) is 3.88. The molecular formula is C22H21N5O3S. The SMILES string of the molecule is COc1cc([C@H]2C3=C(CCCC3=O)Nc3nc(SCc4ccccn4)nn32)ccc1O. The van der Waals surface area contributed by atoms with Crippen LogP contribution in [0.5, 0.6) is 11.5 Å². The monoisotopic (exact) mass is 435 g/mol. The summed E-state index contributed by atoms with van der Waals surface area (Å²) in [6, 6.07) is 10.5. The van der Waals surface area contributed by atoms with E-state index in [0.29, 0.717) is 34.6 Å². The normalized spacial score (nSPS) is 17.7. The number of pyridine rings is 1. The fourth-order valence-corrected chi connectivity index (χ4v) is 4.74. The van der Waals surface area contributed by atoms with Crippen LogP contribution in [0.15, 0.2) is 59.0 Å². The maximum Gasteiger partial charge on any atom is 0.227 e. The Hall–Kier alpha value is -3.33. The number of aromatic hydroxyl groups is 1. The number of ketones is 1. The van der Waals surface area contributed by atoms with Gasteiger partial charge in [0.25, 0.3) is 0 Å². The molecule has 2 aliphatic rings. The van der Waals surface area contributed by atoms with E-state index in [9.17, 15) is 9.90 Å². The summed E-state index contributed by atoms with van der Waals surface area (Å²) in [4.78, 5) is 21.9. The topological polar surface area (TPSA) is 102 Å². The maximum atomic E-state index is 12.9. The highest BCUT2D eigenvalue weighted by Gasteiger charge is 2.37. The van der Waals surface area contributed by atoms with Crippen LogP contribution in [-0.2, 0) is 10.5 Å². The number of benzene rings is 1. The van der Waals surface area contributed by atoms with Crippen LogP contribution < -0.4 is 10.1 Å². The fourth-order valence-electron chi connectivity index (χ4n) is 3.99. The lowest BCUT2D eigenvalue weighted by atomic mass is 9.85. The number of methoxy groups -OCH3 is 1. The molecule has 0 bridgehead atoms. The van der Waals surface area contributed by atoms with Gasteiger partial charge in [0.1, 0.15) is 6.04 Å². The van der Waals surface area contributed by atoms with E-state index in [2.05, 4.69) is 15.3 Å². The first-order chi connectivity index (χ1) is 15.1. The fraction of sp³-hybridized carbons (Fsp3) is 0.273. The molecule has 0 saturated heterocycles. The van der Waals surface area contributed by atoms with E-state index < -0.39 is 6.04 Å². The Bertz CT molecular complexity index is 1180. The van der Waals surface area contributed by atoms with Crippen LogP contribution in [0, 0.1) is 0 Å². The molecule has 0 radical (unpaired) electrons. The minimum atomic E-state index is -0.426. The predicted octanol–water partition coefficient (Wildman–Crippen LogP) is 3.70. The molecule has 3 heterocycles. The van der Waals surface area contributed by atoms with Gasteiger partial charge in [-0.05, 0) is 42.7 Å². The van der Waals surface area contributed by atoms with Crippen molar-refractivity contribution in [3.05, 3.63) is 65.1 Å². The molecule has 5 rings (SSSR count). The summed E-state index contributed by atoms with van der Waals surface area (Å²) in [7, 11) is 1.50. The minimum Gasteiger partial charge on any atom is -0.504 e. The van der Waals surface area contributed by atoms with Gasteiger partial charge in [-0.25, -0.2) is 4.68 Å². The zero-order chi connectivity index (χ0) is 21.4. The average Bonchev–Trinajstić information content (AvgIpc) is 3.20. The highest BCUT2D eigenvalue weighted by molar-refractivity contribution is 7.98. The maximum absolute atomic E-state index is 12.9. The van der Waals surface area contributed by atoms with Gasteiger partial charge in [0.15, 0.2) is 17.3 Å². The van der Waals surface area contributed by atoms with Gasteiger partial charge in [0.05, 0.1) is 12.8 Å². The van der Waals surface area contributed by atoms with Crippen molar-refractivity contribution in [2.45, 2.75) is 36.2 Å². The van der Waals surface area contributed by atoms with Crippen LogP contribution in [0.1, 0.15) is 36.6 Å². The number of phenolic OH excluding ortho intramolecular Hbond substituents is 1. The van der Waals surface area contributed by atoms with E-state index in [1.54, 1.807) is 29.1 Å². The predicted molar refractivity (Wildman–Crippen MR) is 116 cm³/mol. The molecule has 8 nitrogen and oxygen atoms in total. The van der Waals surface area contributed by atoms with Gasteiger partial charge in [0, 0.05) is 29.6 Å². The van der Waals surface area contributed by atoms with Gasteiger partial charge in [0.2, 0.25) is 11.1 Å². The number of hydrogen-bond donors (Lipinski definition) is 2. The summed E-state index contributed by atoms with van der Waals surface area (Å²) < 4.78 is 7.06. The number of aromatic nitrogens is 4. The number of nitrogens with zero attached hydrogens (tertiary/aromatic N) is 4. The van der Waals surface area contributed by atoms with E-state index >= 15 is 0 Å². The number of phenols is 1. The van der Waals surface area contributed by atoms with Gasteiger partial charge in [-0.15, -0.1) is 5.10 Å². The van der Waals surface area contributed by atoms with Crippen molar-refractivity contribution in [3.8, 4) is 11.5 Å². The van der Waals surface area contributed by atoms with Crippen molar-refractivity contribution in [3.63, 3.8) is 0 Å². The number of anilines is 1. The molecule has 1 aromatic carbocycles. The lowest BCUT2D eigenvalue weighted by molar-refractivity contribution is -0.116. The minimum absolute atomic E-state index is 0.0507. The molecule has 158 valence electrons. The summed E-state index contributed by atoms with van der Waals surface area (Å²) in [5, 5.41) is 18.7. The highest BCUT2D eigenvalue weighted by Crippen LogP contribution is 2.42. The molecule has 0 fully saturated rings. The average molecular weight is 436 g/mol. The Morgan fingerprint density at radius 3 is 3.00 bits per heavy atom. The second-order valence-corrected chi connectivity index (χ2v) is 8.34. The number of ether oxygens (including phenoxy) is 1. The largest absolute Gasteiger partial charge is 0.504 e. The molecule has 1 aliphatic carbocycles.